The van der Waals surface area contributed by atoms with Gasteiger partial charge in [0.15, 0.2) is 0 Å². The molecule has 2 N–H and O–H groups in total. The highest BCUT2D eigenvalue weighted by atomic mass is 32.2. The van der Waals surface area contributed by atoms with Gasteiger partial charge < -0.3 is 5.32 Å². The van der Waals surface area contributed by atoms with Gasteiger partial charge in [0.1, 0.15) is 0 Å². The van der Waals surface area contributed by atoms with Gasteiger partial charge in [-0.05, 0) is 37.1 Å². The molecule has 1 aliphatic carbocycles. The van der Waals surface area contributed by atoms with Crippen molar-refractivity contribution in [3.63, 3.8) is 0 Å². The minimum Gasteiger partial charge on any atom is -0.326 e. The van der Waals surface area contributed by atoms with Crippen LogP contribution in [-0.4, -0.2) is 20.2 Å². The van der Waals surface area contributed by atoms with Crippen LogP contribution in [0.25, 0.3) is 0 Å². The zero-order chi connectivity index (χ0) is 14.0. The molecule has 102 valence electrons. The number of hydrogen-bond acceptors (Lipinski definition) is 4. The Hall–Kier alpha value is -1.89. The molecule has 0 bridgehead atoms. The fourth-order valence-electron chi connectivity index (χ4n) is 1.56. The van der Waals surface area contributed by atoms with Gasteiger partial charge in [-0.3, -0.25) is 9.59 Å². The molecule has 0 saturated heterocycles. The van der Waals surface area contributed by atoms with Crippen LogP contribution >= 0.6 is 0 Å². The second-order valence-corrected chi connectivity index (χ2v) is 6.13. The normalized spacial score (nSPS) is 14.8. The average Bonchev–Trinajstić information content (AvgIpc) is 3.11. The minimum absolute atomic E-state index is 0.0212. The summed E-state index contributed by atoms with van der Waals surface area (Å²) in [5.74, 6) is -0.605. The van der Waals surface area contributed by atoms with Crippen molar-refractivity contribution < 1.29 is 18.0 Å². The van der Waals surface area contributed by atoms with Crippen LogP contribution in [0.1, 0.15) is 19.8 Å². The topological polar surface area (TPSA) is 92.3 Å². The quantitative estimate of drug-likeness (QED) is 0.856. The Labute approximate surface area is 111 Å². The molecule has 0 atom stereocenters. The molecule has 0 aromatic heterocycles. The van der Waals surface area contributed by atoms with Gasteiger partial charge in [0.2, 0.25) is 11.8 Å². The molecule has 0 heterocycles. The Kier molecular flexibility index (Phi) is 3.57. The van der Waals surface area contributed by atoms with E-state index in [1.807, 2.05) is 4.72 Å². The average molecular weight is 282 g/mol. The summed E-state index contributed by atoms with van der Waals surface area (Å²) < 4.78 is 25.2. The van der Waals surface area contributed by atoms with Crippen molar-refractivity contribution >= 4 is 27.5 Å². The molecule has 19 heavy (non-hydrogen) atoms. The third-order valence-corrected chi connectivity index (χ3v) is 4.11. The van der Waals surface area contributed by atoms with Gasteiger partial charge in [-0.1, -0.05) is 0 Å². The fraction of sp³-hybridized carbons (Fsp3) is 0.333. The van der Waals surface area contributed by atoms with E-state index in [1.165, 1.54) is 24.3 Å². The van der Waals surface area contributed by atoms with Crippen molar-refractivity contribution in [3.05, 3.63) is 24.3 Å². The van der Waals surface area contributed by atoms with Gasteiger partial charge >= 0.3 is 0 Å². The van der Waals surface area contributed by atoms with E-state index in [9.17, 15) is 18.0 Å². The molecule has 1 aliphatic rings. The Morgan fingerprint density at radius 3 is 2.21 bits per heavy atom. The Morgan fingerprint density at radius 2 is 1.74 bits per heavy atom. The van der Waals surface area contributed by atoms with Crippen LogP contribution in [0.2, 0.25) is 0 Å². The maximum absolute atomic E-state index is 11.7. The summed E-state index contributed by atoms with van der Waals surface area (Å²) in [6.07, 6.45) is 1.81. The van der Waals surface area contributed by atoms with Crippen molar-refractivity contribution in [2.75, 3.05) is 5.32 Å². The first-order valence-corrected chi connectivity index (χ1v) is 7.31. The third-order valence-electron chi connectivity index (χ3n) is 2.66. The van der Waals surface area contributed by atoms with E-state index in [4.69, 9.17) is 0 Å². The summed E-state index contributed by atoms with van der Waals surface area (Å²) in [5.41, 5.74) is 0.540. The zero-order valence-corrected chi connectivity index (χ0v) is 11.2. The first-order chi connectivity index (χ1) is 8.88. The van der Waals surface area contributed by atoms with Crippen LogP contribution in [0, 0.1) is 5.92 Å². The van der Waals surface area contributed by atoms with E-state index in [0.717, 1.165) is 19.8 Å². The van der Waals surface area contributed by atoms with Crippen molar-refractivity contribution in [2.24, 2.45) is 5.92 Å². The van der Waals surface area contributed by atoms with E-state index in [2.05, 4.69) is 5.32 Å². The number of hydrogen-bond donors (Lipinski definition) is 2. The number of carbonyl (C=O) groups is 2. The highest BCUT2D eigenvalue weighted by Crippen LogP contribution is 2.30. The lowest BCUT2D eigenvalue weighted by atomic mass is 10.3. The number of sulfonamides is 1. The van der Waals surface area contributed by atoms with Gasteiger partial charge in [0.05, 0.1) is 4.90 Å². The van der Waals surface area contributed by atoms with Gasteiger partial charge in [0.25, 0.3) is 10.0 Å². The van der Waals surface area contributed by atoms with Gasteiger partial charge in [0, 0.05) is 18.5 Å². The smallest absolute Gasteiger partial charge is 0.264 e. The Balaban J connectivity index is 2.09. The molecule has 7 heteroatoms. The maximum atomic E-state index is 11.7. The third kappa shape index (κ3) is 3.54. The van der Waals surface area contributed by atoms with E-state index < -0.39 is 15.9 Å². The largest absolute Gasteiger partial charge is 0.326 e. The van der Waals surface area contributed by atoms with Crippen molar-refractivity contribution in [1.82, 2.24) is 4.72 Å². The van der Waals surface area contributed by atoms with Crippen molar-refractivity contribution in [2.45, 2.75) is 24.7 Å². The maximum Gasteiger partial charge on any atom is 0.264 e. The van der Waals surface area contributed by atoms with E-state index >= 15 is 0 Å². The highest BCUT2D eigenvalue weighted by molar-refractivity contribution is 7.90. The molecule has 2 amide bonds. The molecule has 0 radical (unpaired) electrons. The molecule has 1 fully saturated rings. The summed E-state index contributed by atoms with van der Waals surface area (Å²) in [6.45, 7) is 1.13. The van der Waals surface area contributed by atoms with E-state index in [1.54, 1.807) is 0 Å². The second-order valence-electron chi connectivity index (χ2n) is 4.45. The molecule has 0 unspecified atom stereocenters. The molecule has 0 spiro atoms. The number of rotatable bonds is 4. The van der Waals surface area contributed by atoms with Gasteiger partial charge in [-0.2, -0.15) is 0 Å². The van der Waals surface area contributed by atoms with Crippen LogP contribution in [-0.2, 0) is 19.6 Å². The summed E-state index contributed by atoms with van der Waals surface area (Å²) in [4.78, 5) is 22.3. The highest BCUT2D eigenvalue weighted by Gasteiger charge is 2.29. The first-order valence-electron chi connectivity index (χ1n) is 5.83. The summed E-state index contributed by atoms with van der Waals surface area (Å²) in [7, 11) is -3.82. The lowest BCUT2D eigenvalue weighted by Gasteiger charge is -2.07. The van der Waals surface area contributed by atoms with Crippen molar-refractivity contribution in [1.29, 1.82) is 0 Å². The Morgan fingerprint density at radius 1 is 1.16 bits per heavy atom. The van der Waals surface area contributed by atoms with Crippen LogP contribution in [0.3, 0.4) is 0 Å². The van der Waals surface area contributed by atoms with Crippen LogP contribution in [0.5, 0.6) is 0 Å². The summed E-state index contributed by atoms with van der Waals surface area (Å²) >= 11 is 0. The SMILES string of the molecule is CC(=O)NS(=O)(=O)c1ccc(NC(=O)C2CC2)cc1. The minimum atomic E-state index is -3.82. The molecule has 6 nitrogen and oxygen atoms in total. The predicted molar refractivity (Wildman–Crippen MR) is 68.8 cm³/mol. The Bertz CT molecular complexity index is 603. The number of carbonyl (C=O) groups excluding carboxylic acids is 2. The molecule has 1 aromatic rings. The monoisotopic (exact) mass is 282 g/mol. The molecule has 1 saturated carbocycles. The van der Waals surface area contributed by atoms with Gasteiger partial charge in [-0.25, -0.2) is 13.1 Å². The molecule has 0 aliphatic heterocycles. The fourth-order valence-corrected chi connectivity index (χ4v) is 2.55. The van der Waals surface area contributed by atoms with E-state index in [-0.39, 0.29) is 16.7 Å². The summed E-state index contributed by atoms with van der Waals surface area (Å²) in [5, 5.41) is 2.70. The standard InChI is InChI=1S/C12H14N2O4S/c1-8(15)14-19(17,18)11-6-4-10(5-7-11)13-12(16)9-2-3-9/h4-7,9H,2-3H2,1H3,(H,13,16)(H,14,15). The number of anilines is 1. The predicted octanol–water partition coefficient (Wildman–Crippen LogP) is 0.860. The molecular formula is C12H14N2O4S. The number of benzene rings is 1. The lowest BCUT2D eigenvalue weighted by molar-refractivity contribution is -0.118. The van der Waals surface area contributed by atoms with Crippen LogP contribution in [0.15, 0.2) is 29.2 Å². The summed E-state index contributed by atoms with van der Waals surface area (Å²) in [6, 6.07) is 5.67. The molecule has 2 rings (SSSR count). The van der Waals surface area contributed by atoms with Crippen LogP contribution < -0.4 is 10.0 Å². The molecular weight excluding hydrogens is 268 g/mol. The number of amides is 2. The number of nitrogens with one attached hydrogen (secondary N) is 2. The van der Waals surface area contributed by atoms with Crippen LogP contribution in [0.4, 0.5) is 5.69 Å². The molecule has 1 aromatic carbocycles. The lowest BCUT2D eigenvalue weighted by Crippen LogP contribution is -2.28. The van der Waals surface area contributed by atoms with Gasteiger partial charge in [-0.15, -0.1) is 0 Å². The first kappa shape index (κ1) is 13.5. The van der Waals surface area contributed by atoms with E-state index in [0.29, 0.717) is 5.69 Å². The second kappa shape index (κ2) is 5.00. The zero-order valence-electron chi connectivity index (χ0n) is 10.3. The van der Waals surface area contributed by atoms with Crippen molar-refractivity contribution in [3.8, 4) is 0 Å².